The van der Waals surface area contributed by atoms with Gasteiger partial charge < -0.3 is 15.5 Å². The van der Waals surface area contributed by atoms with Crippen LogP contribution in [0.25, 0.3) is 11.1 Å². The van der Waals surface area contributed by atoms with E-state index in [-0.39, 0.29) is 0 Å². The number of anilines is 2. The van der Waals surface area contributed by atoms with Crippen LogP contribution in [-0.4, -0.2) is 11.5 Å². The number of oxazole rings is 1. The van der Waals surface area contributed by atoms with E-state index in [0.29, 0.717) is 29.3 Å². The zero-order valence-electron chi connectivity index (χ0n) is 7.66. The van der Waals surface area contributed by atoms with Crippen LogP contribution in [0.5, 0.6) is 0 Å². The summed E-state index contributed by atoms with van der Waals surface area (Å²) in [5.41, 5.74) is 7.74. The van der Waals surface area contributed by atoms with Crippen molar-refractivity contribution in [3.63, 3.8) is 0 Å². The Hall–Kier alpha value is -1.97. The second-order valence-corrected chi connectivity index (χ2v) is 2.88. The summed E-state index contributed by atoms with van der Waals surface area (Å²) in [6, 6.07) is 5.93. The van der Waals surface area contributed by atoms with E-state index < -0.39 is 0 Å². The quantitative estimate of drug-likeness (QED) is 0.572. The van der Waals surface area contributed by atoms with Gasteiger partial charge in [-0.05, 0) is 12.1 Å². The van der Waals surface area contributed by atoms with Crippen LogP contribution >= 0.6 is 0 Å². The first-order valence-electron chi connectivity index (χ1n) is 4.31. The van der Waals surface area contributed by atoms with Crippen LogP contribution in [-0.2, 0) is 0 Å². The molecule has 0 aliphatic rings. The molecule has 0 atom stereocenters. The lowest BCUT2D eigenvalue weighted by molar-refractivity contribution is 0.618. The fourth-order valence-corrected chi connectivity index (χ4v) is 1.20. The molecule has 3 N–H and O–H groups in total. The number of fused-ring (bicyclic) bond motifs is 1. The Morgan fingerprint density at radius 1 is 1.57 bits per heavy atom. The summed E-state index contributed by atoms with van der Waals surface area (Å²) < 4.78 is 5.40. The van der Waals surface area contributed by atoms with E-state index in [2.05, 4.69) is 16.9 Å². The molecule has 0 amide bonds. The number of para-hydroxylation sites is 1. The van der Waals surface area contributed by atoms with Crippen LogP contribution in [0.1, 0.15) is 0 Å². The van der Waals surface area contributed by atoms with E-state index in [1.165, 1.54) is 0 Å². The molecule has 0 saturated heterocycles. The Morgan fingerprint density at radius 3 is 3.14 bits per heavy atom. The molecule has 1 aromatic carbocycles. The summed E-state index contributed by atoms with van der Waals surface area (Å²) >= 11 is 0. The van der Waals surface area contributed by atoms with Crippen molar-refractivity contribution >= 4 is 22.8 Å². The number of hydrogen-bond acceptors (Lipinski definition) is 4. The van der Waals surface area contributed by atoms with Gasteiger partial charge in [0.25, 0.3) is 6.01 Å². The van der Waals surface area contributed by atoms with Crippen LogP contribution in [0, 0.1) is 0 Å². The van der Waals surface area contributed by atoms with Crippen molar-refractivity contribution in [2.24, 2.45) is 0 Å². The Labute approximate surface area is 81.4 Å². The average molecular weight is 189 g/mol. The van der Waals surface area contributed by atoms with E-state index in [1.807, 2.05) is 12.1 Å². The Morgan fingerprint density at radius 2 is 2.43 bits per heavy atom. The van der Waals surface area contributed by atoms with Crippen molar-refractivity contribution < 1.29 is 4.42 Å². The van der Waals surface area contributed by atoms with Gasteiger partial charge in [-0.1, -0.05) is 12.1 Å². The maximum absolute atomic E-state index is 5.73. The molecule has 14 heavy (non-hydrogen) atoms. The SMILES string of the molecule is C=CCNc1nc2c(N)cccc2o1. The molecule has 0 aliphatic carbocycles. The van der Waals surface area contributed by atoms with Gasteiger partial charge in [0.2, 0.25) is 0 Å². The topological polar surface area (TPSA) is 64.1 Å². The van der Waals surface area contributed by atoms with Crippen LogP contribution in [0.2, 0.25) is 0 Å². The van der Waals surface area contributed by atoms with E-state index in [9.17, 15) is 0 Å². The standard InChI is InChI=1S/C10H11N3O/c1-2-6-12-10-13-9-7(11)4-3-5-8(9)14-10/h2-5H,1,6,11H2,(H,12,13). The minimum Gasteiger partial charge on any atom is -0.423 e. The summed E-state index contributed by atoms with van der Waals surface area (Å²) in [6.45, 7) is 4.21. The lowest BCUT2D eigenvalue weighted by Gasteiger charge is -1.92. The molecule has 4 nitrogen and oxygen atoms in total. The van der Waals surface area contributed by atoms with Crippen molar-refractivity contribution in [1.29, 1.82) is 0 Å². The number of nitrogen functional groups attached to an aromatic ring is 1. The van der Waals surface area contributed by atoms with Crippen molar-refractivity contribution in [1.82, 2.24) is 4.98 Å². The highest BCUT2D eigenvalue weighted by Gasteiger charge is 2.06. The minimum absolute atomic E-state index is 0.470. The van der Waals surface area contributed by atoms with Crippen molar-refractivity contribution in [3.05, 3.63) is 30.9 Å². The Bertz CT molecular complexity index is 461. The molecule has 0 saturated carbocycles. The van der Waals surface area contributed by atoms with Crippen LogP contribution in [0.15, 0.2) is 35.3 Å². The molecule has 0 unspecified atom stereocenters. The second kappa shape index (κ2) is 3.41. The Balaban J connectivity index is 2.41. The first kappa shape index (κ1) is 8.62. The van der Waals surface area contributed by atoms with Crippen LogP contribution < -0.4 is 11.1 Å². The smallest absolute Gasteiger partial charge is 0.296 e. The lowest BCUT2D eigenvalue weighted by atomic mass is 10.3. The van der Waals surface area contributed by atoms with Crippen molar-refractivity contribution in [2.45, 2.75) is 0 Å². The van der Waals surface area contributed by atoms with E-state index in [0.717, 1.165) is 0 Å². The predicted octanol–water partition coefficient (Wildman–Crippen LogP) is 2.01. The second-order valence-electron chi connectivity index (χ2n) is 2.88. The van der Waals surface area contributed by atoms with Gasteiger partial charge in [0.05, 0.1) is 5.69 Å². The molecule has 0 aliphatic heterocycles. The van der Waals surface area contributed by atoms with E-state index in [1.54, 1.807) is 12.1 Å². The van der Waals surface area contributed by atoms with E-state index >= 15 is 0 Å². The zero-order chi connectivity index (χ0) is 9.97. The van der Waals surface area contributed by atoms with Gasteiger partial charge in [-0.15, -0.1) is 6.58 Å². The monoisotopic (exact) mass is 189 g/mol. The first-order valence-corrected chi connectivity index (χ1v) is 4.31. The molecule has 72 valence electrons. The van der Waals surface area contributed by atoms with Gasteiger partial charge in [0.15, 0.2) is 5.58 Å². The maximum Gasteiger partial charge on any atom is 0.296 e. The van der Waals surface area contributed by atoms with Gasteiger partial charge in [0, 0.05) is 6.54 Å². The first-order chi connectivity index (χ1) is 6.81. The summed E-state index contributed by atoms with van der Waals surface area (Å²) in [5.74, 6) is 0. The molecule has 1 heterocycles. The highest BCUT2D eigenvalue weighted by atomic mass is 16.4. The van der Waals surface area contributed by atoms with Gasteiger partial charge in [-0.25, -0.2) is 0 Å². The third-order valence-corrected chi connectivity index (χ3v) is 1.85. The highest BCUT2D eigenvalue weighted by Crippen LogP contribution is 2.23. The largest absolute Gasteiger partial charge is 0.423 e. The van der Waals surface area contributed by atoms with Crippen LogP contribution in [0.3, 0.4) is 0 Å². The van der Waals surface area contributed by atoms with Gasteiger partial charge in [0.1, 0.15) is 5.52 Å². The molecule has 0 spiro atoms. The number of aromatic nitrogens is 1. The van der Waals surface area contributed by atoms with Crippen molar-refractivity contribution in [2.75, 3.05) is 17.6 Å². The molecule has 0 fully saturated rings. The normalized spacial score (nSPS) is 10.3. The third kappa shape index (κ3) is 1.42. The summed E-state index contributed by atoms with van der Waals surface area (Å²) in [4.78, 5) is 4.20. The Kier molecular flexibility index (Phi) is 2.10. The molecular formula is C10H11N3O. The van der Waals surface area contributed by atoms with Gasteiger partial charge in [-0.2, -0.15) is 4.98 Å². The minimum atomic E-state index is 0.470. The molecule has 2 rings (SSSR count). The number of rotatable bonds is 3. The maximum atomic E-state index is 5.73. The molecule has 0 bridgehead atoms. The molecule has 0 radical (unpaired) electrons. The molecule has 1 aromatic heterocycles. The van der Waals surface area contributed by atoms with Crippen LogP contribution in [0.4, 0.5) is 11.7 Å². The zero-order valence-corrected chi connectivity index (χ0v) is 7.66. The lowest BCUT2D eigenvalue weighted by Crippen LogP contribution is -1.97. The summed E-state index contributed by atoms with van der Waals surface area (Å²) in [7, 11) is 0. The molecule has 4 heteroatoms. The third-order valence-electron chi connectivity index (χ3n) is 1.85. The fraction of sp³-hybridized carbons (Fsp3) is 0.100. The number of nitrogens with two attached hydrogens (primary N) is 1. The van der Waals surface area contributed by atoms with Crippen molar-refractivity contribution in [3.8, 4) is 0 Å². The highest BCUT2D eigenvalue weighted by molar-refractivity contribution is 5.86. The fourth-order valence-electron chi connectivity index (χ4n) is 1.20. The average Bonchev–Trinajstić information content (AvgIpc) is 2.59. The molecular weight excluding hydrogens is 178 g/mol. The molecule has 2 aromatic rings. The van der Waals surface area contributed by atoms with Gasteiger partial charge in [-0.3, -0.25) is 0 Å². The number of benzene rings is 1. The predicted molar refractivity (Wildman–Crippen MR) is 57.1 cm³/mol. The van der Waals surface area contributed by atoms with E-state index in [4.69, 9.17) is 10.2 Å². The number of hydrogen-bond donors (Lipinski definition) is 2. The summed E-state index contributed by atoms with van der Waals surface area (Å²) in [6.07, 6.45) is 1.73. The van der Waals surface area contributed by atoms with Gasteiger partial charge >= 0.3 is 0 Å². The number of nitrogens with one attached hydrogen (secondary N) is 1. The summed E-state index contributed by atoms with van der Waals surface area (Å²) in [5, 5.41) is 2.96. The number of nitrogens with zero attached hydrogens (tertiary/aromatic N) is 1.